The van der Waals surface area contributed by atoms with Crippen LogP contribution in [0.15, 0.2) is 23.3 Å². The molecule has 0 aliphatic rings. The zero-order valence-electron chi connectivity index (χ0n) is 16.7. The number of pyridine rings is 1. The van der Waals surface area contributed by atoms with E-state index in [1.54, 1.807) is 20.2 Å². The van der Waals surface area contributed by atoms with Crippen molar-refractivity contribution in [1.82, 2.24) is 4.98 Å². The zero-order valence-corrected chi connectivity index (χ0v) is 21.0. The molecule has 0 saturated heterocycles. The lowest BCUT2D eigenvalue weighted by molar-refractivity contribution is -0.145. The van der Waals surface area contributed by atoms with Crippen LogP contribution in [-0.2, 0) is 20.9 Å². The van der Waals surface area contributed by atoms with Gasteiger partial charge in [0.1, 0.15) is 17.4 Å². The number of rotatable bonds is 9. The first kappa shape index (κ1) is 24.3. The number of methoxy groups -OCH3 is 1. The number of carbonyl (C=O) groups excluding carboxylic acids is 1. The second-order valence-corrected chi connectivity index (χ2v) is 8.29. The molecule has 1 N–H and O–H groups in total. The number of aryl methyl sites for hydroxylation is 1. The van der Waals surface area contributed by atoms with Crippen LogP contribution in [0.3, 0.4) is 0 Å². The molecule has 8 nitrogen and oxygen atoms in total. The van der Waals surface area contributed by atoms with Gasteiger partial charge in [-0.3, -0.25) is 5.43 Å². The van der Waals surface area contributed by atoms with E-state index >= 15 is 0 Å². The number of hydrogen-bond acceptors (Lipinski definition) is 8. The van der Waals surface area contributed by atoms with Crippen LogP contribution in [0.4, 0.5) is 5.82 Å². The van der Waals surface area contributed by atoms with Gasteiger partial charge in [-0.25, -0.2) is 9.78 Å². The normalized spacial score (nSPS) is 10.7. The molecule has 1 aromatic carbocycles. The molecule has 10 heteroatoms. The Morgan fingerprint density at radius 1 is 1.33 bits per heavy atom. The molecule has 1 aromatic heterocycles. The Morgan fingerprint density at radius 2 is 2.03 bits per heavy atom. The summed E-state index contributed by atoms with van der Waals surface area (Å²) in [5, 5.41) is 13.7. The summed E-state index contributed by atoms with van der Waals surface area (Å²) in [4.78, 5) is 15.9. The molecule has 0 aliphatic heterocycles. The minimum absolute atomic E-state index is 0.144. The van der Waals surface area contributed by atoms with Crippen LogP contribution >= 0.6 is 45.2 Å². The van der Waals surface area contributed by atoms with E-state index in [0.29, 0.717) is 30.3 Å². The molecule has 0 saturated carbocycles. The highest BCUT2D eigenvalue weighted by Gasteiger charge is 2.12. The molecule has 30 heavy (non-hydrogen) atoms. The number of nitrogens with zero attached hydrogens (tertiary/aromatic N) is 3. The predicted molar refractivity (Wildman–Crippen MR) is 130 cm³/mol. The van der Waals surface area contributed by atoms with Crippen molar-refractivity contribution in [1.29, 1.82) is 5.26 Å². The summed E-state index contributed by atoms with van der Waals surface area (Å²) in [6.45, 7) is 4.07. The molecule has 0 aliphatic carbocycles. The summed E-state index contributed by atoms with van der Waals surface area (Å²) in [5.41, 5.74) is 5.56. The van der Waals surface area contributed by atoms with Gasteiger partial charge in [-0.1, -0.05) is 0 Å². The Hall–Kier alpha value is -1.98. The highest BCUT2D eigenvalue weighted by Crippen LogP contribution is 2.28. The third kappa shape index (κ3) is 6.78. The molecule has 0 radical (unpaired) electrons. The van der Waals surface area contributed by atoms with E-state index in [-0.39, 0.29) is 6.61 Å². The predicted octanol–water partition coefficient (Wildman–Crippen LogP) is 4.01. The maximum Gasteiger partial charge on any atom is 0.344 e. The number of aromatic nitrogens is 1. The van der Waals surface area contributed by atoms with Crippen molar-refractivity contribution in [2.45, 2.75) is 20.5 Å². The van der Waals surface area contributed by atoms with Gasteiger partial charge in [0.15, 0.2) is 12.4 Å². The van der Waals surface area contributed by atoms with E-state index in [2.05, 4.69) is 66.8 Å². The molecule has 0 atom stereocenters. The van der Waals surface area contributed by atoms with Crippen LogP contribution in [0, 0.1) is 25.4 Å². The molecular weight excluding hydrogens is 614 g/mol. The van der Waals surface area contributed by atoms with Crippen molar-refractivity contribution in [3.05, 3.63) is 47.7 Å². The topological polar surface area (TPSA) is 106 Å². The van der Waals surface area contributed by atoms with Gasteiger partial charge in [0.2, 0.25) is 0 Å². The molecule has 2 rings (SSSR count). The molecule has 2 aromatic rings. The van der Waals surface area contributed by atoms with Crippen molar-refractivity contribution in [3.8, 4) is 11.8 Å². The zero-order chi connectivity index (χ0) is 22.1. The van der Waals surface area contributed by atoms with Gasteiger partial charge in [-0.15, -0.1) is 0 Å². The number of anilines is 1. The smallest absolute Gasteiger partial charge is 0.344 e. The van der Waals surface area contributed by atoms with Crippen LogP contribution in [0.25, 0.3) is 0 Å². The Bertz CT molecular complexity index is 966. The first-order valence-corrected chi connectivity index (χ1v) is 11.0. The lowest BCUT2D eigenvalue weighted by Crippen LogP contribution is -2.15. The van der Waals surface area contributed by atoms with Gasteiger partial charge in [0, 0.05) is 18.4 Å². The fourth-order valence-corrected chi connectivity index (χ4v) is 4.64. The van der Waals surface area contributed by atoms with Crippen LogP contribution < -0.4 is 10.2 Å². The second-order valence-electron chi connectivity index (χ2n) is 5.97. The molecule has 0 spiro atoms. The minimum Gasteiger partial charge on any atom is -0.480 e. The van der Waals surface area contributed by atoms with Crippen molar-refractivity contribution in [2.75, 3.05) is 25.7 Å². The van der Waals surface area contributed by atoms with Gasteiger partial charge in [0.05, 0.1) is 26.6 Å². The van der Waals surface area contributed by atoms with Crippen LogP contribution in [0.5, 0.6) is 5.75 Å². The number of carbonyl (C=O) groups is 1. The van der Waals surface area contributed by atoms with Crippen LogP contribution in [0.1, 0.15) is 29.3 Å². The van der Waals surface area contributed by atoms with E-state index in [9.17, 15) is 10.1 Å². The van der Waals surface area contributed by atoms with E-state index in [0.717, 1.165) is 24.0 Å². The molecule has 0 fully saturated rings. The molecule has 0 bridgehead atoms. The van der Waals surface area contributed by atoms with Gasteiger partial charge >= 0.3 is 5.97 Å². The third-order valence-electron chi connectivity index (χ3n) is 3.69. The average Bonchev–Trinajstić information content (AvgIpc) is 2.67. The highest BCUT2D eigenvalue weighted by atomic mass is 127. The summed E-state index contributed by atoms with van der Waals surface area (Å²) < 4.78 is 17.3. The summed E-state index contributed by atoms with van der Waals surface area (Å²) in [6, 6.07) is 7.71. The second kappa shape index (κ2) is 12.0. The van der Waals surface area contributed by atoms with E-state index in [1.165, 1.54) is 0 Å². The SMILES string of the molecule is CCOC(=O)COc1c(I)cc(C=NNc2nc(C)cc(COC)c2C#N)cc1I. The lowest BCUT2D eigenvalue weighted by atomic mass is 10.1. The van der Waals surface area contributed by atoms with Crippen LogP contribution in [0.2, 0.25) is 0 Å². The summed E-state index contributed by atoms with van der Waals surface area (Å²) in [7, 11) is 1.57. The third-order valence-corrected chi connectivity index (χ3v) is 5.29. The Morgan fingerprint density at radius 3 is 2.63 bits per heavy atom. The fraction of sp³-hybridized carbons (Fsp3) is 0.300. The molecular formula is C20H20I2N4O4. The Balaban J connectivity index is 2.16. The van der Waals surface area contributed by atoms with E-state index in [4.69, 9.17) is 14.2 Å². The molecule has 1 heterocycles. The standard InChI is InChI=1S/C20H20I2N4O4/c1-4-29-18(27)11-30-19-16(21)6-13(7-17(19)22)9-24-26-20-15(8-23)14(10-28-3)5-12(2)25-20/h5-7,9H,4,10-11H2,1-3H3,(H,25,26). The number of benzene rings is 1. The monoisotopic (exact) mass is 634 g/mol. The van der Waals surface area contributed by atoms with E-state index < -0.39 is 5.97 Å². The van der Waals surface area contributed by atoms with Crippen molar-refractivity contribution in [2.24, 2.45) is 5.10 Å². The Kier molecular flexibility index (Phi) is 9.73. The number of nitrogens with one attached hydrogen (secondary N) is 1. The van der Waals surface area contributed by atoms with Gasteiger partial charge in [0.25, 0.3) is 0 Å². The first-order chi connectivity index (χ1) is 14.4. The number of esters is 1. The number of hydrogen-bond donors (Lipinski definition) is 1. The number of halogens is 2. The number of ether oxygens (including phenoxy) is 3. The van der Waals surface area contributed by atoms with E-state index in [1.807, 2.05) is 25.1 Å². The molecule has 0 unspecified atom stereocenters. The number of hydrazone groups is 1. The van der Waals surface area contributed by atoms with Crippen molar-refractivity contribution >= 4 is 63.2 Å². The van der Waals surface area contributed by atoms with Gasteiger partial charge in [-0.2, -0.15) is 10.4 Å². The van der Waals surface area contributed by atoms with Crippen LogP contribution in [-0.4, -0.2) is 37.5 Å². The van der Waals surface area contributed by atoms with Gasteiger partial charge in [-0.05, 0) is 82.8 Å². The summed E-state index contributed by atoms with van der Waals surface area (Å²) in [6.07, 6.45) is 1.63. The number of nitriles is 1. The van der Waals surface area contributed by atoms with Crippen molar-refractivity contribution < 1.29 is 19.0 Å². The Labute approximate surface area is 202 Å². The lowest BCUT2D eigenvalue weighted by Gasteiger charge is -2.11. The highest BCUT2D eigenvalue weighted by molar-refractivity contribution is 14.1. The average molecular weight is 634 g/mol. The fourth-order valence-electron chi connectivity index (χ4n) is 2.51. The largest absolute Gasteiger partial charge is 0.480 e. The molecule has 0 amide bonds. The maximum absolute atomic E-state index is 11.5. The summed E-state index contributed by atoms with van der Waals surface area (Å²) >= 11 is 4.28. The van der Waals surface area contributed by atoms with Gasteiger partial charge < -0.3 is 14.2 Å². The molecule has 158 valence electrons. The summed E-state index contributed by atoms with van der Waals surface area (Å²) in [5.74, 6) is 0.580. The van der Waals surface area contributed by atoms with Crippen molar-refractivity contribution in [3.63, 3.8) is 0 Å². The first-order valence-electron chi connectivity index (χ1n) is 8.85. The minimum atomic E-state index is -0.411. The maximum atomic E-state index is 11.5. The quantitative estimate of drug-likeness (QED) is 0.193.